The quantitative estimate of drug-likeness (QED) is 0.223. The first-order chi connectivity index (χ1) is 19.9. The maximum atomic E-state index is 13.4. The van der Waals surface area contributed by atoms with Crippen LogP contribution in [0.4, 0.5) is 11.4 Å². The first kappa shape index (κ1) is 26.8. The van der Waals surface area contributed by atoms with E-state index in [0.29, 0.717) is 22.9 Å². The van der Waals surface area contributed by atoms with E-state index in [2.05, 4.69) is 22.2 Å². The number of anilines is 2. The highest BCUT2D eigenvalue weighted by Crippen LogP contribution is 2.52. The van der Waals surface area contributed by atoms with Crippen LogP contribution in [0.5, 0.6) is 17.2 Å². The van der Waals surface area contributed by atoms with Crippen LogP contribution in [0.2, 0.25) is 0 Å². The first-order valence-electron chi connectivity index (χ1n) is 13.5. The summed E-state index contributed by atoms with van der Waals surface area (Å²) in [5, 5.41) is 3.67. The third kappa shape index (κ3) is 5.00. The molecule has 0 bridgehead atoms. The van der Waals surface area contributed by atoms with Crippen molar-refractivity contribution in [1.29, 1.82) is 0 Å². The van der Waals surface area contributed by atoms with E-state index in [1.54, 1.807) is 45.6 Å². The van der Waals surface area contributed by atoms with Crippen molar-refractivity contribution in [3.05, 3.63) is 108 Å². The molecule has 0 saturated heterocycles. The summed E-state index contributed by atoms with van der Waals surface area (Å²) in [6.45, 7) is 0. The standard InChI is InChI=1S/C33H32N2O5S/c1-38-30-18-23(19-31(39-2)33(30)40-3)32-27-11-7-10-26(27)28-20-25(16-17-29(28)34-32)41(36,37)35-24-14-12-22(13-15-24)21-8-5-4-6-9-21/h4-10,12-20,26-27,32,34-35H,11H2,1-3H3/t26-,27+,32+/m0/s1. The molecule has 8 heteroatoms. The molecule has 0 spiro atoms. The predicted octanol–water partition coefficient (Wildman–Crippen LogP) is 7.01. The molecular formula is C33H32N2O5S. The van der Waals surface area contributed by atoms with Crippen molar-refractivity contribution in [2.75, 3.05) is 31.4 Å². The maximum Gasteiger partial charge on any atom is 0.261 e. The number of benzene rings is 4. The normalized spacial score (nSPS) is 19.0. The summed E-state index contributed by atoms with van der Waals surface area (Å²) in [7, 11) is 1.02. The lowest BCUT2D eigenvalue weighted by Gasteiger charge is -2.38. The number of rotatable bonds is 8. The van der Waals surface area contributed by atoms with Gasteiger partial charge in [-0.25, -0.2) is 8.42 Å². The lowest BCUT2D eigenvalue weighted by atomic mass is 9.77. The molecule has 4 aromatic rings. The summed E-state index contributed by atoms with van der Waals surface area (Å²) in [6, 6.07) is 26.6. The zero-order chi connectivity index (χ0) is 28.6. The number of hydrogen-bond acceptors (Lipinski definition) is 6. The molecule has 2 N–H and O–H groups in total. The van der Waals surface area contributed by atoms with E-state index in [4.69, 9.17) is 14.2 Å². The van der Waals surface area contributed by atoms with Gasteiger partial charge in [-0.15, -0.1) is 0 Å². The molecule has 1 heterocycles. The fraction of sp³-hybridized carbons (Fsp3) is 0.212. The van der Waals surface area contributed by atoms with E-state index in [-0.39, 0.29) is 22.8 Å². The minimum Gasteiger partial charge on any atom is -0.493 e. The van der Waals surface area contributed by atoms with E-state index in [1.165, 1.54) is 0 Å². The number of allylic oxidation sites excluding steroid dienone is 2. The average molecular weight is 569 g/mol. The second-order valence-electron chi connectivity index (χ2n) is 10.2. The maximum absolute atomic E-state index is 13.4. The van der Waals surface area contributed by atoms with Gasteiger partial charge in [0.05, 0.1) is 32.3 Å². The van der Waals surface area contributed by atoms with Gasteiger partial charge in [0.15, 0.2) is 11.5 Å². The van der Waals surface area contributed by atoms with Crippen molar-refractivity contribution in [1.82, 2.24) is 0 Å². The van der Waals surface area contributed by atoms with Gasteiger partial charge < -0.3 is 19.5 Å². The molecular weight excluding hydrogens is 536 g/mol. The van der Waals surface area contributed by atoms with Gasteiger partial charge in [-0.3, -0.25) is 4.72 Å². The summed E-state index contributed by atoms with van der Waals surface area (Å²) in [5.74, 6) is 2.01. The summed E-state index contributed by atoms with van der Waals surface area (Å²) in [4.78, 5) is 0.232. The molecule has 0 aromatic heterocycles. The van der Waals surface area contributed by atoms with Crippen LogP contribution in [0.25, 0.3) is 11.1 Å². The number of methoxy groups -OCH3 is 3. The van der Waals surface area contributed by atoms with Crippen LogP contribution in [-0.4, -0.2) is 29.7 Å². The Morgan fingerprint density at radius 2 is 1.49 bits per heavy atom. The van der Waals surface area contributed by atoms with Crippen LogP contribution in [0.1, 0.15) is 29.5 Å². The minimum atomic E-state index is -3.79. The van der Waals surface area contributed by atoms with E-state index >= 15 is 0 Å². The minimum absolute atomic E-state index is 0.0279. The Morgan fingerprint density at radius 1 is 0.805 bits per heavy atom. The second kappa shape index (κ2) is 10.9. The van der Waals surface area contributed by atoms with Crippen molar-refractivity contribution in [3.8, 4) is 28.4 Å². The molecule has 1 aliphatic carbocycles. The first-order valence-corrected chi connectivity index (χ1v) is 15.0. The number of nitrogens with one attached hydrogen (secondary N) is 2. The van der Waals surface area contributed by atoms with Gasteiger partial charge in [0, 0.05) is 17.3 Å². The molecule has 7 nitrogen and oxygen atoms in total. The number of hydrogen-bond donors (Lipinski definition) is 2. The molecule has 6 rings (SSSR count). The molecule has 210 valence electrons. The molecule has 1 aliphatic heterocycles. The molecule has 2 aliphatic rings. The highest BCUT2D eigenvalue weighted by atomic mass is 32.2. The number of fused-ring (bicyclic) bond motifs is 3. The lowest BCUT2D eigenvalue weighted by molar-refractivity contribution is 0.322. The van der Waals surface area contributed by atoms with Gasteiger partial charge in [0.25, 0.3) is 10.0 Å². The van der Waals surface area contributed by atoms with Crippen LogP contribution in [-0.2, 0) is 10.0 Å². The van der Waals surface area contributed by atoms with Crippen LogP contribution >= 0.6 is 0 Å². The van der Waals surface area contributed by atoms with Gasteiger partial charge in [0.1, 0.15) is 0 Å². The molecule has 0 radical (unpaired) electrons. The van der Waals surface area contributed by atoms with Crippen LogP contribution in [0.3, 0.4) is 0 Å². The second-order valence-corrected chi connectivity index (χ2v) is 11.9. The van der Waals surface area contributed by atoms with Gasteiger partial charge in [-0.05, 0) is 77.1 Å². The summed E-state index contributed by atoms with van der Waals surface area (Å²) < 4.78 is 46.3. The molecule has 3 atom stereocenters. The Labute approximate surface area is 240 Å². The lowest BCUT2D eigenvalue weighted by Crippen LogP contribution is -2.29. The van der Waals surface area contributed by atoms with Gasteiger partial charge in [-0.2, -0.15) is 0 Å². The van der Waals surface area contributed by atoms with Crippen molar-refractivity contribution < 1.29 is 22.6 Å². The van der Waals surface area contributed by atoms with E-state index in [0.717, 1.165) is 34.4 Å². The predicted molar refractivity (Wildman–Crippen MR) is 162 cm³/mol. The molecule has 0 unspecified atom stereocenters. The zero-order valence-electron chi connectivity index (χ0n) is 23.1. The largest absolute Gasteiger partial charge is 0.493 e. The summed E-state index contributed by atoms with van der Waals surface area (Å²) >= 11 is 0. The van der Waals surface area contributed by atoms with Gasteiger partial charge in [-0.1, -0.05) is 54.6 Å². The Morgan fingerprint density at radius 3 is 2.15 bits per heavy atom. The molecule has 41 heavy (non-hydrogen) atoms. The van der Waals surface area contributed by atoms with Gasteiger partial charge >= 0.3 is 0 Å². The van der Waals surface area contributed by atoms with Gasteiger partial charge in [0.2, 0.25) is 5.75 Å². The summed E-state index contributed by atoms with van der Waals surface area (Å²) in [5.41, 5.74) is 5.50. The van der Waals surface area contributed by atoms with E-state index in [1.807, 2.05) is 60.7 Å². The SMILES string of the molecule is COc1cc([C@H]2Nc3ccc(S(=O)(=O)Nc4ccc(-c5ccccc5)cc4)cc3[C@H]3C=CC[C@H]32)cc(OC)c1OC. The molecule has 0 amide bonds. The van der Waals surface area contributed by atoms with Crippen molar-refractivity contribution in [2.45, 2.75) is 23.3 Å². The zero-order valence-corrected chi connectivity index (χ0v) is 23.9. The van der Waals surface area contributed by atoms with Crippen molar-refractivity contribution in [2.24, 2.45) is 5.92 Å². The molecule has 0 fully saturated rings. The van der Waals surface area contributed by atoms with Crippen molar-refractivity contribution >= 4 is 21.4 Å². The highest BCUT2D eigenvalue weighted by molar-refractivity contribution is 7.92. The van der Waals surface area contributed by atoms with Crippen molar-refractivity contribution in [3.63, 3.8) is 0 Å². The molecule has 4 aromatic carbocycles. The third-order valence-corrected chi connectivity index (χ3v) is 9.31. The Hall–Kier alpha value is -4.43. The monoisotopic (exact) mass is 568 g/mol. The Bertz CT molecular complexity index is 1680. The van der Waals surface area contributed by atoms with Crippen LogP contribution in [0.15, 0.2) is 102 Å². The van der Waals surface area contributed by atoms with Crippen LogP contribution < -0.4 is 24.2 Å². The Kier molecular flexibility index (Phi) is 7.09. The third-order valence-electron chi connectivity index (χ3n) is 7.93. The van der Waals surface area contributed by atoms with E-state index in [9.17, 15) is 8.42 Å². The number of ether oxygens (including phenoxy) is 3. The smallest absolute Gasteiger partial charge is 0.261 e. The average Bonchev–Trinajstić information content (AvgIpc) is 3.51. The molecule has 0 saturated carbocycles. The topological polar surface area (TPSA) is 85.9 Å². The summed E-state index contributed by atoms with van der Waals surface area (Å²) in [6.07, 6.45) is 5.22. The fourth-order valence-corrected chi connectivity index (χ4v) is 7.02. The highest BCUT2D eigenvalue weighted by Gasteiger charge is 2.39. The van der Waals surface area contributed by atoms with E-state index < -0.39 is 10.0 Å². The fourth-order valence-electron chi connectivity index (χ4n) is 5.93. The van der Waals surface area contributed by atoms with Crippen LogP contribution in [0, 0.1) is 5.92 Å². The Balaban J connectivity index is 1.28. The number of sulfonamides is 1.